The van der Waals surface area contributed by atoms with Crippen LogP contribution in [0.1, 0.15) is 38.2 Å². The first-order valence-electron chi connectivity index (χ1n) is 5.48. The van der Waals surface area contributed by atoms with Gasteiger partial charge < -0.3 is 5.73 Å². The lowest BCUT2D eigenvalue weighted by Gasteiger charge is -2.36. The van der Waals surface area contributed by atoms with Gasteiger partial charge in [0.05, 0.1) is 0 Å². The predicted molar refractivity (Wildman–Crippen MR) is 62.6 cm³/mol. The largest absolute Gasteiger partial charge is 0.325 e. The summed E-state index contributed by atoms with van der Waals surface area (Å²) < 4.78 is 0. The summed E-state index contributed by atoms with van der Waals surface area (Å²) in [5.41, 5.74) is 7.95. The van der Waals surface area contributed by atoms with Crippen molar-refractivity contribution in [2.24, 2.45) is 11.7 Å². The lowest BCUT2D eigenvalue weighted by molar-refractivity contribution is 0.235. The molecule has 1 aromatic heterocycles. The van der Waals surface area contributed by atoms with Crippen LogP contribution in [0.3, 0.4) is 0 Å². The van der Waals surface area contributed by atoms with Crippen molar-refractivity contribution in [2.75, 3.05) is 0 Å². The first kappa shape index (κ1) is 10.2. The topological polar surface area (TPSA) is 26.0 Å². The van der Waals surface area contributed by atoms with Gasteiger partial charge in [0.1, 0.15) is 0 Å². The number of thiophene rings is 1. The molecule has 1 fully saturated rings. The summed E-state index contributed by atoms with van der Waals surface area (Å²) in [6.45, 7) is 2.33. The molecule has 2 N–H and O–H groups in total. The summed E-state index contributed by atoms with van der Waals surface area (Å²) in [5, 5.41) is 4.37. The molecule has 0 bridgehead atoms. The average molecular weight is 209 g/mol. The highest BCUT2D eigenvalue weighted by molar-refractivity contribution is 7.07. The lowest BCUT2D eigenvalue weighted by atomic mass is 9.74. The quantitative estimate of drug-likeness (QED) is 0.795. The molecule has 0 aliphatic heterocycles. The maximum Gasteiger partial charge on any atom is 0.0197 e. The Morgan fingerprint density at radius 3 is 3.14 bits per heavy atom. The Morgan fingerprint density at radius 1 is 1.64 bits per heavy atom. The fraction of sp³-hybridized carbons (Fsp3) is 0.667. The molecule has 2 rings (SSSR count). The third-order valence-electron chi connectivity index (χ3n) is 3.26. The Labute approximate surface area is 90.3 Å². The molecule has 1 nitrogen and oxygen atoms in total. The highest BCUT2D eigenvalue weighted by Gasteiger charge is 2.30. The third-order valence-corrected chi connectivity index (χ3v) is 3.99. The predicted octanol–water partition coefficient (Wildman–Crippen LogP) is 3.20. The van der Waals surface area contributed by atoms with E-state index in [2.05, 4.69) is 23.8 Å². The second-order valence-corrected chi connectivity index (χ2v) is 5.65. The highest BCUT2D eigenvalue weighted by atomic mass is 32.1. The van der Waals surface area contributed by atoms with Gasteiger partial charge in [-0.05, 0) is 47.6 Å². The first-order valence-corrected chi connectivity index (χ1v) is 6.42. The van der Waals surface area contributed by atoms with Crippen molar-refractivity contribution in [3.05, 3.63) is 22.4 Å². The zero-order valence-corrected chi connectivity index (χ0v) is 9.65. The molecular formula is C12H19NS. The van der Waals surface area contributed by atoms with E-state index in [-0.39, 0.29) is 5.54 Å². The van der Waals surface area contributed by atoms with Crippen LogP contribution < -0.4 is 5.73 Å². The van der Waals surface area contributed by atoms with Crippen molar-refractivity contribution < 1.29 is 0 Å². The summed E-state index contributed by atoms with van der Waals surface area (Å²) in [6.07, 6.45) is 6.14. The maximum absolute atomic E-state index is 6.45. The van der Waals surface area contributed by atoms with Crippen LogP contribution in [0.4, 0.5) is 0 Å². The van der Waals surface area contributed by atoms with E-state index in [0.717, 1.165) is 12.3 Å². The number of nitrogens with two attached hydrogens (primary N) is 1. The molecule has 1 aromatic rings. The molecule has 0 radical (unpaired) electrons. The fourth-order valence-electron chi connectivity index (χ4n) is 2.66. The summed E-state index contributed by atoms with van der Waals surface area (Å²) in [4.78, 5) is 0. The maximum atomic E-state index is 6.45. The van der Waals surface area contributed by atoms with Crippen LogP contribution in [-0.4, -0.2) is 5.54 Å². The van der Waals surface area contributed by atoms with Gasteiger partial charge in [-0.15, -0.1) is 0 Å². The number of hydrogen-bond acceptors (Lipinski definition) is 2. The van der Waals surface area contributed by atoms with Gasteiger partial charge in [0.15, 0.2) is 0 Å². The lowest BCUT2D eigenvalue weighted by Crippen LogP contribution is -2.45. The van der Waals surface area contributed by atoms with Gasteiger partial charge in [-0.25, -0.2) is 0 Å². The Balaban J connectivity index is 2.01. The normalized spacial score (nSPS) is 33.1. The molecule has 0 aromatic carbocycles. The van der Waals surface area contributed by atoms with E-state index in [1.807, 2.05) is 0 Å². The van der Waals surface area contributed by atoms with E-state index in [1.54, 1.807) is 11.3 Å². The second kappa shape index (κ2) is 4.03. The zero-order valence-electron chi connectivity index (χ0n) is 8.83. The minimum absolute atomic E-state index is 0.0821. The van der Waals surface area contributed by atoms with Crippen molar-refractivity contribution in [1.82, 2.24) is 0 Å². The van der Waals surface area contributed by atoms with E-state index in [0.29, 0.717) is 0 Å². The minimum Gasteiger partial charge on any atom is -0.325 e. The van der Waals surface area contributed by atoms with Crippen molar-refractivity contribution in [3.63, 3.8) is 0 Å². The highest BCUT2D eigenvalue weighted by Crippen LogP contribution is 2.33. The molecule has 1 aliphatic rings. The SMILES string of the molecule is CC1CCCC(N)(Cc2ccsc2)C1. The van der Waals surface area contributed by atoms with E-state index >= 15 is 0 Å². The monoisotopic (exact) mass is 209 g/mol. The van der Waals surface area contributed by atoms with Crippen LogP contribution >= 0.6 is 11.3 Å². The molecule has 78 valence electrons. The van der Waals surface area contributed by atoms with Gasteiger partial charge >= 0.3 is 0 Å². The summed E-state index contributed by atoms with van der Waals surface area (Å²) in [7, 11) is 0. The van der Waals surface area contributed by atoms with Gasteiger partial charge in [-0.3, -0.25) is 0 Å². The van der Waals surface area contributed by atoms with Crippen molar-refractivity contribution in [2.45, 2.75) is 44.6 Å². The summed E-state index contributed by atoms with van der Waals surface area (Å²) >= 11 is 1.77. The Morgan fingerprint density at radius 2 is 2.50 bits per heavy atom. The minimum atomic E-state index is 0.0821. The van der Waals surface area contributed by atoms with Crippen LogP contribution in [0.15, 0.2) is 16.8 Å². The molecule has 2 atom stereocenters. The average Bonchev–Trinajstić information content (AvgIpc) is 2.55. The Kier molecular flexibility index (Phi) is 2.93. The van der Waals surface area contributed by atoms with Crippen LogP contribution in [-0.2, 0) is 6.42 Å². The molecule has 1 aliphatic carbocycles. The van der Waals surface area contributed by atoms with Crippen LogP contribution in [0.25, 0.3) is 0 Å². The van der Waals surface area contributed by atoms with Crippen LogP contribution in [0.2, 0.25) is 0 Å². The molecule has 2 heteroatoms. The van der Waals surface area contributed by atoms with Gasteiger partial charge in [-0.1, -0.05) is 19.8 Å². The standard InChI is InChI=1S/C12H19NS/c1-10-3-2-5-12(13,7-10)8-11-4-6-14-9-11/h4,6,9-10H,2-3,5,7-8,13H2,1H3. The smallest absolute Gasteiger partial charge is 0.0197 e. The summed E-state index contributed by atoms with van der Waals surface area (Å²) in [5.74, 6) is 0.812. The molecule has 0 amide bonds. The van der Waals surface area contributed by atoms with E-state index < -0.39 is 0 Å². The van der Waals surface area contributed by atoms with Gasteiger partial charge in [0.25, 0.3) is 0 Å². The van der Waals surface area contributed by atoms with Crippen molar-refractivity contribution >= 4 is 11.3 Å². The van der Waals surface area contributed by atoms with E-state index in [9.17, 15) is 0 Å². The number of hydrogen-bond donors (Lipinski definition) is 1. The summed E-state index contributed by atoms with van der Waals surface area (Å²) in [6, 6.07) is 2.21. The number of rotatable bonds is 2. The van der Waals surface area contributed by atoms with Crippen molar-refractivity contribution in [3.8, 4) is 0 Å². The molecule has 14 heavy (non-hydrogen) atoms. The molecule has 2 unspecified atom stereocenters. The molecule has 1 saturated carbocycles. The molecule has 0 saturated heterocycles. The van der Waals surface area contributed by atoms with Crippen LogP contribution in [0.5, 0.6) is 0 Å². The van der Waals surface area contributed by atoms with Gasteiger partial charge in [0, 0.05) is 5.54 Å². The fourth-order valence-corrected chi connectivity index (χ4v) is 3.33. The zero-order chi connectivity index (χ0) is 10.0. The van der Waals surface area contributed by atoms with Crippen molar-refractivity contribution in [1.29, 1.82) is 0 Å². The van der Waals surface area contributed by atoms with Gasteiger partial charge in [0.2, 0.25) is 0 Å². The third kappa shape index (κ3) is 2.37. The van der Waals surface area contributed by atoms with E-state index in [1.165, 1.54) is 31.2 Å². The second-order valence-electron chi connectivity index (χ2n) is 4.87. The molecule has 1 heterocycles. The van der Waals surface area contributed by atoms with Crippen LogP contribution in [0, 0.1) is 5.92 Å². The van der Waals surface area contributed by atoms with E-state index in [4.69, 9.17) is 5.73 Å². The first-order chi connectivity index (χ1) is 6.68. The molecule has 0 spiro atoms. The Hall–Kier alpha value is -0.340. The van der Waals surface area contributed by atoms with Gasteiger partial charge in [-0.2, -0.15) is 11.3 Å². The Bertz CT molecular complexity index is 281. The molecular weight excluding hydrogens is 190 g/mol.